The second kappa shape index (κ2) is 13.8. The van der Waals surface area contributed by atoms with E-state index >= 15 is 0 Å². The number of nitrogens with one attached hydrogen (secondary N) is 2. The summed E-state index contributed by atoms with van der Waals surface area (Å²) in [7, 11) is 0. The first-order chi connectivity index (χ1) is 18.7. The molecule has 0 radical (unpaired) electrons. The van der Waals surface area contributed by atoms with E-state index in [0.29, 0.717) is 12.5 Å². The van der Waals surface area contributed by atoms with Gasteiger partial charge in [-0.2, -0.15) is 33.4 Å². The number of ether oxygens (including phenoxy) is 2. The molecule has 0 atom stereocenters. The van der Waals surface area contributed by atoms with Crippen LogP contribution in [-0.2, 0) is 6.18 Å². The predicted molar refractivity (Wildman–Crippen MR) is 143 cm³/mol. The van der Waals surface area contributed by atoms with Gasteiger partial charge in [0.25, 0.3) is 0 Å². The molecule has 2 aromatic carbocycles. The first-order valence-electron chi connectivity index (χ1n) is 11.5. The van der Waals surface area contributed by atoms with E-state index < -0.39 is 22.2 Å². The predicted octanol–water partition coefficient (Wildman–Crippen LogP) is 7.13. The summed E-state index contributed by atoms with van der Waals surface area (Å²) in [6, 6.07) is 8.49. The summed E-state index contributed by atoms with van der Waals surface area (Å²) in [5, 5.41) is 25.4. The molecule has 16 heteroatoms. The number of hydrogen-bond donors (Lipinski definition) is 2. The first-order valence-corrected chi connectivity index (χ1v) is 12.2. The van der Waals surface area contributed by atoms with E-state index in [9.17, 15) is 23.3 Å². The van der Waals surface area contributed by atoms with Crippen LogP contribution in [0.1, 0.15) is 33.3 Å². The SMILES string of the molecule is CCNc1nc(Cl)nc(NC(C)(C)C#N)n1.CCOc1cc(Oc2ccc(C(F)(F)F)cc2Cl)ccc1[N+](=O)[O-]. The number of nitriles is 1. The molecule has 1 heterocycles. The molecular weight excluding hydrogens is 578 g/mol. The van der Waals surface area contributed by atoms with Crippen LogP contribution in [0.15, 0.2) is 36.4 Å². The van der Waals surface area contributed by atoms with E-state index in [-0.39, 0.29) is 45.8 Å². The van der Waals surface area contributed by atoms with E-state index in [1.807, 2.05) is 6.92 Å². The van der Waals surface area contributed by atoms with E-state index in [4.69, 9.17) is 37.9 Å². The Morgan fingerprint density at radius 3 is 2.27 bits per heavy atom. The first kappa shape index (κ1) is 32.1. The highest BCUT2D eigenvalue weighted by molar-refractivity contribution is 6.32. The highest BCUT2D eigenvalue weighted by Gasteiger charge is 2.31. The van der Waals surface area contributed by atoms with Crippen molar-refractivity contribution in [1.29, 1.82) is 5.26 Å². The zero-order chi connectivity index (χ0) is 30.1. The molecule has 3 aromatic rings. The lowest BCUT2D eigenvalue weighted by atomic mass is 10.1. The van der Waals surface area contributed by atoms with Gasteiger partial charge in [0.15, 0.2) is 0 Å². The van der Waals surface area contributed by atoms with Gasteiger partial charge in [-0.3, -0.25) is 10.1 Å². The van der Waals surface area contributed by atoms with Crippen LogP contribution < -0.4 is 20.1 Å². The van der Waals surface area contributed by atoms with Crippen molar-refractivity contribution in [3.63, 3.8) is 0 Å². The summed E-state index contributed by atoms with van der Waals surface area (Å²) >= 11 is 11.5. The fourth-order valence-electron chi connectivity index (χ4n) is 2.82. The number of aromatic nitrogens is 3. The van der Waals surface area contributed by atoms with Crippen molar-refractivity contribution < 1.29 is 27.6 Å². The van der Waals surface area contributed by atoms with Gasteiger partial charge < -0.3 is 20.1 Å². The second-order valence-corrected chi connectivity index (χ2v) is 8.95. The standard InChI is InChI=1S/C15H11ClF3NO4.C9H13ClN6/c1-2-23-14-8-10(4-5-12(14)20(21)22)24-13-6-3-9(7-11(13)16)15(17,18)19;1-4-12-7-13-6(10)14-8(15-7)16-9(2,3)5-11/h3-8H,2H2,1H3;4H2,1-3H3,(H2,12,13,14,15,16). The van der Waals surface area contributed by atoms with Gasteiger partial charge in [-0.05, 0) is 63.6 Å². The molecular formula is C24H24Cl2F3N7O4. The van der Waals surface area contributed by atoms with Gasteiger partial charge in [-0.15, -0.1) is 0 Å². The number of nitrogens with zero attached hydrogens (tertiary/aromatic N) is 5. The number of alkyl halides is 3. The fourth-order valence-corrected chi connectivity index (χ4v) is 3.20. The molecule has 0 aliphatic heterocycles. The van der Waals surface area contributed by atoms with Gasteiger partial charge in [0.1, 0.15) is 17.0 Å². The molecule has 0 bridgehead atoms. The average molecular weight is 602 g/mol. The molecule has 3 rings (SSSR count). The Morgan fingerprint density at radius 1 is 1.05 bits per heavy atom. The molecule has 0 spiro atoms. The molecule has 0 fully saturated rings. The summed E-state index contributed by atoms with van der Waals surface area (Å²) < 4.78 is 48.4. The van der Waals surface area contributed by atoms with Crippen LogP contribution in [0.25, 0.3) is 0 Å². The molecule has 11 nitrogen and oxygen atoms in total. The van der Waals surface area contributed by atoms with Gasteiger partial charge in [0.05, 0.1) is 28.2 Å². The summed E-state index contributed by atoms with van der Waals surface area (Å²) in [5.41, 5.74) is -1.91. The third kappa shape index (κ3) is 9.58. The third-order valence-corrected chi connectivity index (χ3v) is 5.03. The minimum Gasteiger partial charge on any atom is -0.487 e. The summed E-state index contributed by atoms with van der Waals surface area (Å²) in [5.74, 6) is 0.788. The molecule has 214 valence electrons. The van der Waals surface area contributed by atoms with Crippen LogP contribution in [-0.4, -0.2) is 38.6 Å². The summed E-state index contributed by atoms with van der Waals surface area (Å²) in [6.07, 6.45) is -4.52. The molecule has 0 unspecified atom stereocenters. The van der Waals surface area contributed by atoms with Gasteiger partial charge in [-0.25, -0.2) is 0 Å². The topological polar surface area (TPSA) is 148 Å². The number of hydrogen-bond acceptors (Lipinski definition) is 10. The quantitative estimate of drug-likeness (QED) is 0.191. The van der Waals surface area contributed by atoms with E-state index in [1.54, 1.807) is 20.8 Å². The number of rotatable bonds is 9. The van der Waals surface area contributed by atoms with Crippen molar-refractivity contribution in [2.45, 2.75) is 39.4 Å². The molecule has 0 saturated carbocycles. The Hall–Kier alpha value is -4.09. The van der Waals surface area contributed by atoms with Crippen LogP contribution in [0.5, 0.6) is 17.2 Å². The molecule has 40 heavy (non-hydrogen) atoms. The van der Waals surface area contributed by atoms with Gasteiger partial charge in [-0.1, -0.05) is 11.6 Å². The highest BCUT2D eigenvalue weighted by Crippen LogP contribution is 2.38. The average Bonchev–Trinajstić information content (AvgIpc) is 2.85. The number of nitro groups is 1. The Balaban J connectivity index is 0.000000305. The fraction of sp³-hybridized carbons (Fsp3) is 0.333. The van der Waals surface area contributed by atoms with Gasteiger partial charge in [0, 0.05) is 18.7 Å². The van der Waals surface area contributed by atoms with Crippen LogP contribution in [0.3, 0.4) is 0 Å². The maximum atomic E-state index is 12.6. The maximum Gasteiger partial charge on any atom is 0.416 e. The molecule has 0 saturated heterocycles. The molecule has 0 amide bonds. The number of anilines is 2. The maximum absolute atomic E-state index is 12.6. The van der Waals surface area contributed by atoms with Gasteiger partial charge >= 0.3 is 11.9 Å². The van der Waals surface area contributed by atoms with Crippen LogP contribution in [0, 0.1) is 21.4 Å². The van der Waals surface area contributed by atoms with Crippen molar-refractivity contribution in [2.75, 3.05) is 23.8 Å². The smallest absolute Gasteiger partial charge is 0.416 e. The van der Waals surface area contributed by atoms with Crippen molar-refractivity contribution in [3.05, 3.63) is 62.4 Å². The van der Waals surface area contributed by atoms with Gasteiger partial charge in [0.2, 0.25) is 22.9 Å². The summed E-state index contributed by atoms with van der Waals surface area (Å²) in [6.45, 7) is 7.90. The Kier molecular flexibility index (Phi) is 11.1. The van der Waals surface area contributed by atoms with Crippen molar-refractivity contribution in [2.24, 2.45) is 0 Å². The largest absolute Gasteiger partial charge is 0.487 e. The zero-order valence-electron chi connectivity index (χ0n) is 21.6. The lowest BCUT2D eigenvalue weighted by Gasteiger charge is -2.17. The van der Waals surface area contributed by atoms with Crippen molar-refractivity contribution >= 4 is 40.8 Å². The second-order valence-electron chi connectivity index (χ2n) is 8.21. The Morgan fingerprint density at radius 2 is 1.73 bits per heavy atom. The van der Waals surface area contributed by atoms with Crippen molar-refractivity contribution in [1.82, 2.24) is 15.0 Å². The lowest BCUT2D eigenvalue weighted by molar-refractivity contribution is -0.385. The lowest BCUT2D eigenvalue weighted by Crippen LogP contribution is -2.29. The van der Waals surface area contributed by atoms with Crippen LogP contribution in [0.4, 0.5) is 30.8 Å². The minimum atomic E-state index is -4.52. The van der Waals surface area contributed by atoms with Crippen molar-refractivity contribution in [3.8, 4) is 23.3 Å². The molecule has 2 N–H and O–H groups in total. The van der Waals surface area contributed by atoms with Crippen LogP contribution in [0.2, 0.25) is 10.3 Å². The zero-order valence-corrected chi connectivity index (χ0v) is 23.1. The molecule has 1 aromatic heterocycles. The number of benzene rings is 2. The summed E-state index contributed by atoms with van der Waals surface area (Å²) in [4.78, 5) is 22.2. The van der Waals surface area contributed by atoms with E-state index in [1.165, 1.54) is 18.2 Å². The van der Waals surface area contributed by atoms with Crippen LogP contribution >= 0.6 is 23.2 Å². The number of halogens is 5. The number of nitro benzene ring substituents is 1. The molecule has 0 aliphatic rings. The Bertz CT molecular complexity index is 1390. The van der Waals surface area contributed by atoms with E-state index in [0.717, 1.165) is 18.2 Å². The monoisotopic (exact) mass is 601 g/mol. The van der Waals surface area contributed by atoms with E-state index in [2.05, 4.69) is 31.7 Å². The highest BCUT2D eigenvalue weighted by atomic mass is 35.5. The third-order valence-electron chi connectivity index (χ3n) is 4.56. The molecule has 0 aliphatic carbocycles. The normalized spacial score (nSPS) is 11.0. The minimum absolute atomic E-state index is 0.0111. The Labute approximate surface area is 237 Å².